The van der Waals surface area contributed by atoms with E-state index in [0.717, 1.165) is 22.9 Å². The second-order valence-corrected chi connectivity index (χ2v) is 6.01. The molecule has 0 bridgehead atoms. The number of para-hydroxylation sites is 1. The largest absolute Gasteiger partial charge is 0.493 e. The van der Waals surface area contributed by atoms with Gasteiger partial charge in [0.25, 0.3) is 0 Å². The Kier molecular flexibility index (Phi) is 4.52. The summed E-state index contributed by atoms with van der Waals surface area (Å²) >= 11 is 0. The first-order valence-corrected chi connectivity index (χ1v) is 7.87. The minimum atomic E-state index is 0.0332. The maximum atomic E-state index is 5.49. The van der Waals surface area contributed by atoms with Crippen LogP contribution >= 0.6 is 0 Å². The summed E-state index contributed by atoms with van der Waals surface area (Å²) in [6, 6.07) is 5.93. The molecule has 0 spiro atoms. The van der Waals surface area contributed by atoms with Crippen molar-refractivity contribution in [2.24, 2.45) is 0 Å². The second kappa shape index (κ2) is 6.58. The molecule has 1 heterocycles. The highest BCUT2D eigenvalue weighted by Crippen LogP contribution is 2.39. The van der Waals surface area contributed by atoms with Crippen LogP contribution in [-0.2, 0) is 6.54 Å². The van der Waals surface area contributed by atoms with Crippen molar-refractivity contribution in [3.63, 3.8) is 0 Å². The number of aromatic nitrogens is 2. The number of benzene rings is 1. The van der Waals surface area contributed by atoms with E-state index in [9.17, 15) is 0 Å². The molecule has 1 aliphatic rings. The van der Waals surface area contributed by atoms with Gasteiger partial charge in [-0.15, -0.1) is 0 Å². The van der Waals surface area contributed by atoms with Crippen molar-refractivity contribution in [2.75, 3.05) is 21.3 Å². The van der Waals surface area contributed by atoms with E-state index in [2.05, 4.69) is 22.0 Å². The number of hydrogen-bond acceptors (Lipinski definition) is 6. The van der Waals surface area contributed by atoms with E-state index in [1.165, 1.54) is 12.8 Å². The number of hydrogen-bond donors (Lipinski definition) is 0. The molecule has 0 radical (unpaired) electrons. The SMILES string of the molecule is COc1cccc(CN(C)C(C)c2nc(C3CC3)no2)c1OC. The third-order valence-electron chi connectivity index (χ3n) is 4.32. The number of methoxy groups -OCH3 is 2. The van der Waals surface area contributed by atoms with E-state index in [4.69, 9.17) is 14.0 Å². The van der Waals surface area contributed by atoms with Crippen molar-refractivity contribution >= 4 is 0 Å². The van der Waals surface area contributed by atoms with E-state index in [1.54, 1.807) is 14.2 Å². The third kappa shape index (κ3) is 3.32. The molecule has 0 aliphatic heterocycles. The Bertz CT molecular complexity index is 667. The third-order valence-corrected chi connectivity index (χ3v) is 4.32. The van der Waals surface area contributed by atoms with Crippen molar-refractivity contribution in [3.05, 3.63) is 35.5 Å². The molecule has 1 saturated carbocycles. The van der Waals surface area contributed by atoms with Crippen molar-refractivity contribution < 1.29 is 14.0 Å². The molecular weight excluding hydrogens is 294 g/mol. The van der Waals surface area contributed by atoms with Crippen molar-refractivity contribution in [3.8, 4) is 11.5 Å². The standard InChI is InChI=1S/C17H23N3O3/c1-11(17-18-16(19-23-17)12-8-9-12)20(2)10-13-6-5-7-14(21-3)15(13)22-4/h5-7,11-12H,8-10H2,1-4H3. The molecule has 1 aliphatic carbocycles. The molecule has 1 aromatic carbocycles. The van der Waals surface area contributed by atoms with Crippen LogP contribution in [0.1, 0.15) is 49.0 Å². The van der Waals surface area contributed by atoms with Gasteiger partial charge in [-0.1, -0.05) is 17.3 Å². The zero-order valence-corrected chi connectivity index (χ0v) is 14.1. The van der Waals surface area contributed by atoms with Gasteiger partial charge in [-0.05, 0) is 32.9 Å². The summed E-state index contributed by atoms with van der Waals surface area (Å²) in [4.78, 5) is 6.69. The van der Waals surface area contributed by atoms with Crippen LogP contribution in [0.5, 0.6) is 11.5 Å². The Morgan fingerprint density at radius 1 is 1.30 bits per heavy atom. The Morgan fingerprint density at radius 3 is 2.74 bits per heavy atom. The molecule has 0 amide bonds. The summed E-state index contributed by atoms with van der Waals surface area (Å²) in [6.45, 7) is 2.76. The van der Waals surface area contributed by atoms with Crippen LogP contribution in [0.15, 0.2) is 22.7 Å². The fourth-order valence-electron chi connectivity index (χ4n) is 2.60. The molecule has 1 fully saturated rings. The Balaban J connectivity index is 1.73. The zero-order valence-electron chi connectivity index (χ0n) is 14.1. The highest BCUT2D eigenvalue weighted by atomic mass is 16.5. The first kappa shape index (κ1) is 15.8. The minimum absolute atomic E-state index is 0.0332. The van der Waals surface area contributed by atoms with Crippen LogP contribution in [0.2, 0.25) is 0 Å². The first-order valence-electron chi connectivity index (χ1n) is 7.87. The zero-order chi connectivity index (χ0) is 16.4. The van der Waals surface area contributed by atoms with Gasteiger partial charge in [0.15, 0.2) is 17.3 Å². The second-order valence-electron chi connectivity index (χ2n) is 6.01. The van der Waals surface area contributed by atoms with Crippen molar-refractivity contribution in [1.82, 2.24) is 15.0 Å². The van der Waals surface area contributed by atoms with Crippen molar-refractivity contribution in [2.45, 2.75) is 38.3 Å². The van der Waals surface area contributed by atoms with Crippen molar-refractivity contribution in [1.29, 1.82) is 0 Å². The van der Waals surface area contributed by atoms with Gasteiger partial charge in [0.1, 0.15) is 0 Å². The molecule has 6 heteroatoms. The Morgan fingerprint density at radius 2 is 2.09 bits per heavy atom. The topological polar surface area (TPSA) is 60.6 Å². The van der Waals surface area contributed by atoms with E-state index in [0.29, 0.717) is 18.4 Å². The first-order chi connectivity index (χ1) is 11.1. The fourth-order valence-corrected chi connectivity index (χ4v) is 2.60. The predicted octanol–water partition coefficient (Wildman–Crippen LogP) is 3.16. The van der Waals surface area contributed by atoms with E-state index >= 15 is 0 Å². The highest BCUT2D eigenvalue weighted by Gasteiger charge is 2.30. The quantitative estimate of drug-likeness (QED) is 0.782. The van der Waals surface area contributed by atoms with Gasteiger partial charge in [-0.3, -0.25) is 4.90 Å². The molecular formula is C17H23N3O3. The van der Waals surface area contributed by atoms with Gasteiger partial charge < -0.3 is 14.0 Å². The van der Waals surface area contributed by atoms with Crippen LogP contribution in [0.3, 0.4) is 0 Å². The molecule has 0 saturated heterocycles. The van der Waals surface area contributed by atoms with Gasteiger partial charge in [0, 0.05) is 18.0 Å². The van der Waals surface area contributed by atoms with Gasteiger partial charge in [-0.25, -0.2) is 0 Å². The Labute approximate surface area is 136 Å². The van der Waals surface area contributed by atoms with Crippen LogP contribution in [0.25, 0.3) is 0 Å². The number of nitrogens with zero attached hydrogens (tertiary/aromatic N) is 3. The smallest absolute Gasteiger partial charge is 0.243 e. The van der Waals surface area contributed by atoms with Gasteiger partial charge in [0.05, 0.1) is 20.3 Å². The maximum Gasteiger partial charge on any atom is 0.243 e. The lowest BCUT2D eigenvalue weighted by Crippen LogP contribution is -2.22. The minimum Gasteiger partial charge on any atom is -0.493 e. The van der Waals surface area contributed by atoms with Crippen LogP contribution in [-0.4, -0.2) is 36.3 Å². The molecule has 1 aromatic heterocycles. The molecule has 0 N–H and O–H groups in total. The van der Waals surface area contributed by atoms with Crippen LogP contribution in [0.4, 0.5) is 0 Å². The van der Waals surface area contributed by atoms with E-state index < -0.39 is 0 Å². The normalized spacial score (nSPS) is 15.7. The average molecular weight is 317 g/mol. The van der Waals surface area contributed by atoms with Gasteiger partial charge in [-0.2, -0.15) is 4.98 Å². The molecule has 23 heavy (non-hydrogen) atoms. The summed E-state index contributed by atoms with van der Waals surface area (Å²) < 4.78 is 16.3. The molecule has 2 aromatic rings. The molecule has 1 unspecified atom stereocenters. The van der Waals surface area contributed by atoms with Crippen LogP contribution in [0, 0.1) is 0 Å². The lowest BCUT2D eigenvalue weighted by atomic mass is 10.1. The van der Waals surface area contributed by atoms with Crippen LogP contribution < -0.4 is 9.47 Å². The summed E-state index contributed by atoms with van der Waals surface area (Å²) in [5.74, 6) is 3.51. The monoisotopic (exact) mass is 317 g/mol. The molecule has 124 valence electrons. The van der Waals surface area contributed by atoms with E-state index in [-0.39, 0.29) is 6.04 Å². The molecule has 6 nitrogen and oxygen atoms in total. The average Bonchev–Trinajstić information content (AvgIpc) is 3.31. The fraction of sp³-hybridized carbons (Fsp3) is 0.529. The maximum absolute atomic E-state index is 5.49. The Hall–Kier alpha value is -2.08. The summed E-state index contributed by atoms with van der Waals surface area (Å²) in [5, 5.41) is 4.09. The van der Waals surface area contributed by atoms with E-state index in [1.807, 2.05) is 25.2 Å². The predicted molar refractivity (Wildman–Crippen MR) is 85.7 cm³/mol. The lowest BCUT2D eigenvalue weighted by Gasteiger charge is -2.23. The van der Waals surface area contributed by atoms with Gasteiger partial charge >= 0.3 is 0 Å². The highest BCUT2D eigenvalue weighted by molar-refractivity contribution is 5.46. The molecule has 1 atom stereocenters. The van der Waals surface area contributed by atoms with Gasteiger partial charge in [0.2, 0.25) is 5.89 Å². The summed E-state index contributed by atoms with van der Waals surface area (Å²) in [5.41, 5.74) is 1.06. The summed E-state index contributed by atoms with van der Waals surface area (Å²) in [7, 11) is 5.33. The summed E-state index contributed by atoms with van der Waals surface area (Å²) in [6.07, 6.45) is 2.34. The molecule has 3 rings (SSSR count). The number of rotatable bonds is 7. The number of ether oxygens (including phenoxy) is 2. The lowest BCUT2D eigenvalue weighted by molar-refractivity contribution is 0.200.